The lowest BCUT2D eigenvalue weighted by Crippen LogP contribution is -2.48. The number of rotatable bonds is 6. The largest absolute Gasteiger partial charge is 0.378 e. The normalized spacial score (nSPS) is 20.5. The molecule has 7 nitrogen and oxygen atoms in total. The number of nitrogens with zero attached hydrogens (tertiary/aromatic N) is 7. The fourth-order valence-corrected chi connectivity index (χ4v) is 4.61. The molecule has 1 aliphatic heterocycles. The minimum atomic E-state index is 0.116. The molecule has 0 amide bonds. The minimum Gasteiger partial charge on any atom is -0.378 e. The van der Waals surface area contributed by atoms with Gasteiger partial charge in [-0.05, 0) is 47.5 Å². The number of hydrogen-bond donors (Lipinski definition) is 0. The zero-order chi connectivity index (χ0) is 19.5. The van der Waals surface area contributed by atoms with Gasteiger partial charge in [-0.2, -0.15) is 0 Å². The molecule has 0 spiro atoms. The third-order valence-corrected chi connectivity index (χ3v) is 6.38. The second kappa shape index (κ2) is 8.57. The zero-order valence-corrected chi connectivity index (χ0v) is 17.5. The van der Waals surface area contributed by atoms with Crippen LogP contribution < -0.4 is 4.90 Å². The molecule has 1 aromatic carbocycles. The predicted molar refractivity (Wildman–Crippen MR) is 112 cm³/mol. The van der Waals surface area contributed by atoms with Crippen LogP contribution in [0.5, 0.6) is 0 Å². The molecule has 0 bridgehead atoms. The Hall–Kier alpha value is -1.99. The van der Waals surface area contributed by atoms with E-state index in [4.69, 9.17) is 0 Å². The van der Waals surface area contributed by atoms with Crippen LogP contribution in [0.15, 0.2) is 24.3 Å². The van der Waals surface area contributed by atoms with Crippen LogP contribution in [0, 0.1) is 0 Å². The van der Waals surface area contributed by atoms with Crippen molar-refractivity contribution in [3.05, 3.63) is 35.7 Å². The van der Waals surface area contributed by atoms with Crippen molar-refractivity contribution in [3.8, 4) is 0 Å². The van der Waals surface area contributed by atoms with Gasteiger partial charge in [0, 0.05) is 46.0 Å². The summed E-state index contributed by atoms with van der Waals surface area (Å²) in [6.45, 7) is 7.67. The highest BCUT2D eigenvalue weighted by molar-refractivity contribution is 5.47. The Bertz CT molecular complexity index is 740. The average molecular weight is 384 g/mol. The van der Waals surface area contributed by atoms with Crippen LogP contribution in [0.4, 0.5) is 5.69 Å². The highest BCUT2D eigenvalue weighted by Crippen LogP contribution is 2.34. The third kappa shape index (κ3) is 3.91. The maximum absolute atomic E-state index is 4.55. The molecule has 0 unspecified atom stereocenters. The van der Waals surface area contributed by atoms with Crippen LogP contribution in [0.1, 0.15) is 56.1 Å². The van der Waals surface area contributed by atoms with Crippen LogP contribution in [0.3, 0.4) is 0 Å². The lowest BCUT2D eigenvalue weighted by atomic mass is 10.0. The number of hydrogen-bond acceptors (Lipinski definition) is 6. The number of benzene rings is 1. The van der Waals surface area contributed by atoms with Gasteiger partial charge in [-0.15, -0.1) is 5.10 Å². The number of piperazine rings is 1. The summed E-state index contributed by atoms with van der Waals surface area (Å²) >= 11 is 0. The number of likely N-dealkylation sites (N-methyl/N-ethyl adjacent to an activating group) is 1. The molecule has 1 aliphatic carbocycles. The van der Waals surface area contributed by atoms with Crippen molar-refractivity contribution in [2.75, 3.05) is 51.7 Å². The van der Waals surface area contributed by atoms with Crippen molar-refractivity contribution in [2.45, 2.75) is 44.7 Å². The van der Waals surface area contributed by atoms with E-state index in [0.717, 1.165) is 38.5 Å². The van der Waals surface area contributed by atoms with E-state index < -0.39 is 0 Å². The maximum Gasteiger partial charge on any atom is 0.173 e. The van der Waals surface area contributed by atoms with Gasteiger partial charge in [0.2, 0.25) is 0 Å². The molecule has 2 aliphatic rings. The Morgan fingerprint density at radius 3 is 2.32 bits per heavy atom. The second-order valence-electron chi connectivity index (χ2n) is 8.28. The first kappa shape index (κ1) is 19.3. The first-order valence-electron chi connectivity index (χ1n) is 10.7. The van der Waals surface area contributed by atoms with Gasteiger partial charge in [0.05, 0.1) is 12.1 Å². The molecule has 2 heterocycles. The van der Waals surface area contributed by atoms with Gasteiger partial charge >= 0.3 is 0 Å². The standard InChI is InChI=1S/C21H33N7/c1-4-26-13-15-27(16-14-26)20(17-9-11-18(12-10-17)25(2)3)21-22-23-24-28(21)19-7-5-6-8-19/h9-12,19-20H,4-8,13-16H2,1-3H3/t20-/m1/s1. The molecule has 1 aromatic heterocycles. The van der Waals surface area contributed by atoms with E-state index in [-0.39, 0.29) is 6.04 Å². The third-order valence-electron chi connectivity index (χ3n) is 6.38. The summed E-state index contributed by atoms with van der Waals surface area (Å²) in [4.78, 5) is 7.22. The van der Waals surface area contributed by atoms with Gasteiger partial charge in [0.15, 0.2) is 5.82 Å². The van der Waals surface area contributed by atoms with Gasteiger partial charge < -0.3 is 9.80 Å². The predicted octanol–water partition coefficient (Wildman–Crippen LogP) is 2.58. The van der Waals surface area contributed by atoms with Crippen molar-refractivity contribution in [1.29, 1.82) is 0 Å². The van der Waals surface area contributed by atoms with Gasteiger partial charge in [-0.25, -0.2) is 4.68 Å². The maximum atomic E-state index is 4.55. The van der Waals surface area contributed by atoms with E-state index in [1.165, 1.54) is 36.9 Å². The molecule has 4 rings (SSSR count). The van der Waals surface area contributed by atoms with Crippen molar-refractivity contribution in [1.82, 2.24) is 30.0 Å². The van der Waals surface area contributed by atoms with Gasteiger partial charge in [0.1, 0.15) is 0 Å². The second-order valence-corrected chi connectivity index (χ2v) is 8.28. The Morgan fingerprint density at radius 2 is 1.71 bits per heavy atom. The first-order valence-corrected chi connectivity index (χ1v) is 10.7. The monoisotopic (exact) mass is 383 g/mol. The Balaban J connectivity index is 1.67. The summed E-state index contributed by atoms with van der Waals surface area (Å²) in [6.07, 6.45) is 4.94. The van der Waals surface area contributed by atoms with Crippen LogP contribution in [-0.2, 0) is 0 Å². The molecule has 1 saturated heterocycles. The van der Waals surface area contributed by atoms with E-state index in [1.807, 2.05) is 0 Å². The molecular formula is C21H33N7. The molecule has 1 saturated carbocycles. The van der Waals surface area contributed by atoms with Gasteiger partial charge in [-0.1, -0.05) is 31.9 Å². The number of tetrazole rings is 1. The summed E-state index contributed by atoms with van der Waals surface area (Å²) < 4.78 is 2.13. The Labute approximate surface area is 168 Å². The highest BCUT2D eigenvalue weighted by Gasteiger charge is 2.32. The van der Waals surface area contributed by atoms with Crippen molar-refractivity contribution < 1.29 is 0 Å². The van der Waals surface area contributed by atoms with Crippen molar-refractivity contribution in [3.63, 3.8) is 0 Å². The molecule has 0 radical (unpaired) electrons. The molecule has 2 aromatic rings. The molecule has 28 heavy (non-hydrogen) atoms. The fourth-order valence-electron chi connectivity index (χ4n) is 4.61. The van der Waals surface area contributed by atoms with E-state index in [9.17, 15) is 0 Å². The summed E-state index contributed by atoms with van der Waals surface area (Å²) in [6, 6.07) is 9.47. The van der Waals surface area contributed by atoms with Crippen LogP contribution >= 0.6 is 0 Å². The van der Waals surface area contributed by atoms with Crippen LogP contribution in [-0.4, -0.2) is 76.8 Å². The fraction of sp³-hybridized carbons (Fsp3) is 0.667. The Morgan fingerprint density at radius 1 is 1.04 bits per heavy atom. The molecule has 1 atom stereocenters. The van der Waals surface area contributed by atoms with E-state index >= 15 is 0 Å². The van der Waals surface area contributed by atoms with Crippen LogP contribution in [0.25, 0.3) is 0 Å². The van der Waals surface area contributed by atoms with E-state index in [2.05, 4.69) is 80.2 Å². The van der Waals surface area contributed by atoms with Crippen molar-refractivity contribution in [2.24, 2.45) is 0 Å². The lowest BCUT2D eigenvalue weighted by Gasteiger charge is -2.38. The van der Waals surface area contributed by atoms with Crippen molar-refractivity contribution >= 4 is 5.69 Å². The molecular weight excluding hydrogens is 350 g/mol. The smallest absolute Gasteiger partial charge is 0.173 e. The molecule has 7 heteroatoms. The lowest BCUT2D eigenvalue weighted by molar-refractivity contribution is 0.107. The van der Waals surface area contributed by atoms with Crippen LogP contribution in [0.2, 0.25) is 0 Å². The number of aromatic nitrogens is 4. The minimum absolute atomic E-state index is 0.116. The summed E-state index contributed by atoms with van der Waals surface area (Å²) in [5.74, 6) is 1.01. The Kier molecular flexibility index (Phi) is 5.92. The summed E-state index contributed by atoms with van der Waals surface area (Å²) in [5, 5.41) is 13.1. The van der Waals surface area contributed by atoms with E-state index in [1.54, 1.807) is 0 Å². The highest BCUT2D eigenvalue weighted by atomic mass is 15.6. The summed E-state index contributed by atoms with van der Waals surface area (Å²) in [7, 11) is 4.16. The molecule has 0 N–H and O–H groups in total. The molecule has 2 fully saturated rings. The van der Waals surface area contributed by atoms with Gasteiger partial charge in [0.25, 0.3) is 0 Å². The number of anilines is 1. The average Bonchev–Trinajstić information content (AvgIpc) is 3.41. The first-order chi connectivity index (χ1) is 13.7. The topological polar surface area (TPSA) is 53.3 Å². The summed E-state index contributed by atoms with van der Waals surface area (Å²) in [5.41, 5.74) is 2.50. The molecule has 152 valence electrons. The quantitative estimate of drug-likeness (QED) is 0.764. The van der Waals surface area contributed by atoms with E-state index in [0.29, 0.717) is 6.04 Å². The SMILES string of the molecule is CCN1CCN([C@H](c2ccc(N(C)C)cc2)c2nnnn2C2CCCC2)CC1. The zero-order valence-electron chi connectivity index (χ0n) is 17.5. The van der Waals surface area contributed by atoms with Gasteiger partial charge in [-0.3, -0.25) is 4.90 Å².